The van der Waals surface area contributed by atoms with Gasteiger partial charge in [-0.2, -0.15) is 5.10 Å². The fourth-order valence-corrected chi connectivity index (χ4v) is 3.37. The minimum absolute atomic E-state index is 0.251. The Labute approximate surface area is 117 Å². The van der Waals surface area contributed by atoms with Gasteiger partial charge < -0.3 is 5.73 Å². The molecule has 0 saturated heterocycles. The third-order valence-electron chi connectivity index (χ3n) is 4.49. The van der Waals surface area contributed by atoms with Crippen LogP contribution in [0.5, 0.6) is 0 Å². The van der Waals surface area contributed by atoms with E-state index in [1.807, 2.05) is 23.1 Å². The quantitative estimate of drug-likeness (QED) is 0.821. The largest absolute Gasteiger partial charge is 0.329 e. The average molecular weight is 264 g/mol. The summed E-state index contributed by atoms with van der Waals surface area (Å²) >= 11 is 0. The van der Waals surface area contributed by atoms with E-state index in [0.717, 1.165) is 26.2 Å². The molecule has 1 aromatic rings. The predicted octanol–water partition coefficient (Wildman–Crippen LogP) is 2.26. The SMILES string of the molecule is CCCN(CCn1cccn1)C1(CN)CCCCC1. The predicted molar refractivity (Wildman–Crippen MR) is 79.0 cm³/mol. The summed E-state index contributed by atoms with van der Waals surface area (Å²) in [5.74, 6) is 0. The molecule has 4 nitrogen and oxygen atoms in total. The zero-order valence-corrected chi connectivity index (χ0v) is 12.2. The number of hydrogen-bond acceptors (Lipinski definition) is 3. The topological polar surface area (TPSA) is 47.1 Å². The summed E-state index contributed by atoms with van der Waals surface area (Å²) in [4.78, 5) is 2.63. The van der Waals surface area contributed by atoms with Gasteiger partial charge >= 0.3 is 0 Å². The fraction of sp³-hybridized carbons (Fsp3) is 0.800. The Morgan fingerprint density at radius 3 is 2.63 bits per heavy atom. The van der Waals surface area contributed by atoms with E-state index < -0.39 is 0 Å². The summed E-state index contributed by atoms with van der Waals surface area (Å²) in [5.41, 5.74) is 6.41. The van der Waals surface area contributed by atoms with Crippen LogP contribution in [0.15, 0.2) is 18.5 Å². The van der Waals surface area contributed by atoms with Crippen molar-refractivity contribution in [1.82, 2.24) is 14.7 Å². The molecule has 108 valence electrons. The molecule has 1 aliphatic rings. The first kappa shape index (κ1) is 14.5. The normalized spacial score (nSPS) is 18.9. The second-order valence-electron chi connectivity index (χ2n) is 5.75. The van der Waals surface area contributed by atoms with Gasteiger partial charge in [0.1, 0.15) is 0 Å². The first-order chi connectivity index (χ1) is 9.30. The van der Waals surface area contributed by atoms with Gasteiger partial charge in [-0.3, -0.25) is 9.58 Å². The number of nitrogens with two attached hydrogens (primary N) is 1. The minimum Gasteiger partial charge on any atom is -0.329 e. The van der Waals surface area contributed by atoms with Gasteiger partial charge in [0.25, 0.3) is 0 Å². The van der Waals surface area contributed by atoms with Crippen LogP contribution < -0.4 is 5.73 Å². The first-order valence-electron chi connectivity index (χ1n) is 7.73. The lowest BCUT2D eigenvalue weighted by atomic mass is 9.80. The van der Waals surface area contributed by atoms with Crippen molar-refractivity contribution in [3.8, 4) is 0 Å². The molecule has 1 aliphatic carbocycles. The second-order valence-corrected chi connectivity index (χ2v) is 5.75. The second kappa shape index (κ2) is 7.06. The Bertz CT molecular complexity index is 341. The lowest BCUT2D eigenvalue weighted by molar-refractivity contribution is 0.0526. The van der Waals surface area contributed by atoms with Crippen LogP contribution in [-0.2, 0) is 6.54 Å². The highest BCUT2D eigenvalue weighted by atomic mass is 15.3. The molecule has 0 radical (unpaired) electrons. The molecule has 0 aromatic carbocycles. The molecule has 1 saturated carbocycles. The molecule has 1 fully saturated rings. The van der Waals surface area contributed by atoms with Crippen LogP contribution >= 0.6 is 0 Å². The molecule has 0 bridgehead atoms. The first-order valence-corrected chi connectivity index (χ1v) is 7.73. The van der Waals surface area contributed by atoms with E-state index in [-0.39, 0.29) is 5.54 Å². The van der Waals surface area contributed by atoms with Gasteiger partial charge in [0, 0.05) is 31.0 Å². The molecule has 0 spiro atoms. The lowest BCUT2D eigenvalue weighted by Crippen LogP contribution is -2.56. The van der Waals surface area contributed by atoms with Crippen LogP contribution in [-0.4, -0.2) is 39.9 Å². The van der Waals surface area contributed by atoms with Gasteiger partial charge in [-0.25, -0.2) is 0 Å². The molecule has 4 heteroatoms. The molecule has 0 amide bonds. The highest BCUT2D eigenvalue weighted by Gasteiger charge is 2.35. The summed E-state index contributed by atoms with van der Waals surface area (Å²) in [7, 11) is 0. The zero-order chi connectivity index (χ0) is 13.6. The highest BCUT2D eigenvalue weighted by Crippen LogP contribution is 2.33. The van der Waals surface area contributed by atoms with Gasteiger partial charge in [0.2, 0.25) is 0 Å². The number of nitrogens with zero attached hydrogens (tertiary/aromatic N) is 3. The molecule has 2 rings (SSSR count). The van der Waals surface area contributed by atoms with Crippen LogP contribution in [0.1, 0.15) is 45.4 Å². The maximum absolute atomic E-state index is 6.15. The van der Waals surface area contributed by atoms with Gasteiger partial charge in [-0.15, -0.1) is 0 Å². The summed E-state index contributed by atoms with van der Waals surface area (Å²) in [6.07, 6.45) is 11.7. The van der Waals surface area contributed by atoms with Crippen molar-refractivity contribution in [3.63, 3.8) is 0 Å². The van der Waals surface area contributed by atoms with E-state index in [0.29, 0.717) is 0 Å². The summed E-state index contributed by atoms with van der Waals surface area (Å²) in [5, 5.41) is 4.30. The molecular formula is C15H28N4. The van der Waals surface area contributed by atoms with Crippen molar-refractivity contribution in [2.45, 2.75) is 57.5 Å². The Morgan fingerprint density at radius 1 is 1.26 bits per heavy atom. The van der Waals surface area contributed by atoms with Crippen LogP contribution in [0, 0.1) is 0 Å². The highest BCUT2D eigenvalue weighted by molar-refractivity contribution is 4.94. The van der Waals surface area contributed by atoms with Crippen molar-refractivity contribution < 1.29 is 0 Å². The molecule has 19 heavy (non-hydrogen) atoms. The Morgan fingerprint density at radius 2 is 2.05 bits per heavy atom. The Balaban J connectivity index is 2.00. The summed E-state index contributed by atoms with van der Waals surface area (Å²) < 4.78 is 2.02. The van der Waals surface area contributed by atoms with Crippen molar-refractivity contribution in [1.29, 1.82) is 0 Å². The van der Waals surface area contributed by atoms with Crippen molar-refractivity contribution in [2.75, 3.05) is 19.6 Å². The van der Waals surface area contributed by atoms with E-state index in [1.54, 1.807) is 0 Å². The summed E-state index contributed by atoms with van der Waals surface area (Å²) in [6.45, 7) is 6.24. The average Bonchev–Trinajstić information content (AvgIpc) is 2.97. The zero-order valence-electron chi connectivity index (χ0n) is 12.2. The summed E-state index contributed by atoms with van der Waals surface area (Å²) in [6, 6.07) is 1.99. The smallest absolute Gasteiger partial charge is 0.0536 e. The van der Waals surface area contributed by atoms with E-state index in [4.69, 9.17) is 5.73 Å². The Hall–Kier alpha value is -0.870. The molecule has 1 heterocycles. The van der Waals surface area contributed by atoms with E-state index >= 15 is 0 Å². The van der Waals surface area contributed by atoms with Crippen molar-refractivity contribution >= 4 is 0 Å². The molecule has 0 aliphatic heterocycles. The van der Waals surface area contributed by atoms with E-state index in [2.05, 4.69) is 16.9 Å². The maximum atomic E-state index is 6.15. The Kier molecular flexibility index (Phi) is 5.40. The van der Waals surface area contributed by atoms with Crippen LogP contribution in [0.25, 0.3) is 0 Å². The molecule has 1 aromatic heterocycles. The van der Waals surface area contributed by atoms with Gasteiger partial charge in [-0.1, -0.05) is 26.2 Å². The van der Waals surface area contributed by atoms with Gasteiger partial charge in [-0.05, 0) is 31.9 Å². The van der Waals surface area contributed by atoms with Gasteiger partial charge in [0.05, 0.1) is 6.54 Å². The number of hydrogen-bond donors (Lipinski definition) is 1. The van der Waals surface area contributed by atoms with Crippen LogP contribution in [0.2, 0.25) is 0 Å². The number of rotatable bonds is 7. The molecule has 2 N–H and O–H groups in total. The molecular weight excluding hydrogens is 236 g/mol. The standard InChI is InChI=1S/C15H28N4/c1-2-10-18(12-13-19-11-6-9-17-19)15(14-16)7-4-3-5-8-15/h6,9,11H,2-5,7-8,10,12-14,16H2,1H3. The van der Waals surface area contributed by atoms with Crippen LogP contribution in [0.4, 0.5) is 0 Å². The third-order valence-corrected chi connectivity index (χ3v) is 4.49. The number of aromatic nitrogens is 2. The maximum Gasteiger partial charge on any atom is 0.0536 e. The minimum atomic E-state index is 0.251. The van der Waals surface area contributed by atoms with Crippen LogP contribution in [0.3, 0.4) is 0 Å². The third kappa shape index (κ3) is 3.57. The molecule has 0 unspecified atom stereocenters. The molecule has 0 atom stereocenters. The van der Waals surface area contributed by atoms with Crippen molar-refractivity contribution in [3.05, 3.63) is 18.5 Å². The van der Waals surface area contributed by atoms with Gasteiger partial charge in [0.15, 0.2) is 0 Å². The lowest BCUT2D eigenvalue weighted by Gasteiger charge is -2.46. The monoisotopic (exact) mass is 264 g/mol. The van der Waals surface area contributed by atoms with E-state index in [1.165, 1.54) is 38.5 Å². The fourth-order valence-electron chi connectivity index (χ4n) is 3.37. The van der Waals surface area contributed by atoms with E-state index in [9.17, 15) is 0 Å². The van der Waals surface area contributed by atoms with Crippen molar-refractivity contribution in [2.24, 2.45) is 5.73 Å².